The lowest BCUT2D eigenvalue weighted by atomic mass is 10.0. The fraction of sp³-hybridized carbons (Fsp3) is 0.320. The summed E-state index contributed by atoms with van der Waals surface area (Å²) in [6.45, 7) is 1.07. The Bertz CT molecular complexity index is 1500. The van der Waals surface area contributed by atoms with Crippen molar-refractivity contribution in [3.63, 3.8) is 0 Å². The number of halogens is 3. The maximum Gasteiger partial charge on any atom is 0.277 e. The standard InChI is InChI=1S/C25H23F3N8O2/c26-14-1-2-18(28)17(7-14)20-8-15(27)12-35(20)22-4-3-21-31-11-24(36(21)33-22)32-25(38)19-9-30-23(10-29-19)34-6-5-16(37)13-34/h1-4,7,9-11,15-16,20,37H,5-6,8,12-13H2,(H,32,38)/t15-,16-,20+/m0/s1. The molecule has 3 aromatic heterocycles. The maximum absolute atomic E-state index is 14.5. The molecule has 10 nitrogen and oxygen atoms in total. The van der Waals surface area contributed by atoms with E-state index in [1.165, 1.54) is 23.1 Å². The molecule has 196 valence electrons. The second-order valence-electron chi connectivity index (χ2n) is 9.37. The summed E-state index contributed by atoms with van der Waals surface area (Å²) in [6.07, 6.45) is 3.21. The molecule has 5 heterocycles. The number of amides is 1. The van der Waals surface area contributed by atoms with E-state index in [1.807, 2.05) is 4.90 Å². The zero-order valence-electron chi connectivity index (χ0n) is 20.0. The number of aliphatic hydroxyl groups is 1. The first-order valence-electron chi connectivity index (χ1n) is 12.1. The van der Waals surface area contributed by atoms with Gasteiger partial charge < -0.3 is 20.2 Å². The lowest BCUT2D eigenvalue weighted by Crippen LogP contribution is -2.26. The molecule has 2 aliphatic rings. The molecule has 0 radical (unpaired) electrons. The van der Waals surface area contributed by atoms with Gasteiger partial charge >= 0.3 is 0 Å². The third-order valence-electron chi connectivity index (χ3n) is 6.81. The Morgan fingerprint density at radius 2 is 1.89 bits per heavy atom. The normalized spacial score (nSPS) is 21.4. The molecule has 2 fully saturated rings. The van der Waals surface area contributed by atoms with Gasteiger partial charge in [0.05, 0.1) is 37.3 Å². The topological polar surface area (TPSA) is 112 Å². The number of nitrogens with zero attached hydrogens (tertiary/aromatic N) is 7. The summed E-state index contributed by atoms with van der Waals surface area (Å²) in [5.41, 5.74) is 0.542. The Kier molecular flexibility index (Phi) is 6.06. The number of alkyl halides is 1. The zero-order valence-corrected chi connectivity index (χ0v) is 20.0. The average Bonchev–Trinajstić information content (AvgIpc) is 3.64. The average molecular weight is 525 g/mol. The van der Waals surface area contributed by atoms with Crippen molar-refractivity contribution >= 4 is 29.0 Å². The van der Waals surface area contributed by atoms with Crippen LogP contribution in [-0.4, -0.2) is 67.5 Å². The van der Waals surface area contributed by atoms with Crippen LogP contribution in [0.5, 0.6) is 0 Å². The first kappa shape index (κ1) is 24.1. The molecule has 13 heteroatoms. The molecule has 2 saturated heterocycles. The van der Waals surface area contributed by atoms with Crippen LogP contribution >= 0.6 is 0 Å². The number of carbonyl (C=O) groups excluding carboxylic acids is 1. The summed E-state index contributed by atoms with van der Waals surface area (Å²) < 4.78 is 44.2. The highest BCUT2D eigenvalue weighted by Crippen LogP contribution is 2.38. The van der Waals surface area contributed by atoms with Gasteiger partial charge in [0.1, 0.15) is 35.1 Å². The van der Waals surface area contributed by atoms with Gasteiger partial charge in [-0.3, -0.25) is 4.79 Å². The fourth-order valence-electron chi connectivity index (χ4n) is 4.94. The van der Waals surface area contributed by atoms with Crippen LogP contribution < -0.4 is 15.1 Å². The van der Waals surface area contributed by atoms with Crippen LogP contribution in [-0.2, 0) is 0 Å². The second kappa shape index (κ2) is 9.56. The number of carbonyl (C=O) groups is 1. The summed E-state index contributed by atoms with van der Waals surface area (Å²) in [6, 6.07) is 5.63. The third-order valence-corrected chi connectivity index (χ3v) is 6.81. The van der Waals surface area contributed by atoms with Crippen molar-refractivity contribution in [1.29, 1.82) is 0 Å². The van der Waals surface area contributed by atoms with Gasteiger partial charge in [0.25, 0.3) is 5.91 Å². The van der Waals surface area contributed by atoms with E-state index in [2.05, 4.69) is 25.4 Å². The molecule has 4 aromatic rings. The third kappa shape index (κ3) is 4.49. The molecule has 0 bridgehead atoms. The quantitative estimate of drug-likeness (QED) is 0.410. The molecule has 3 atom stereocenters. The SMILES string of the molecule is O=C(Nc1cnc2ccc(N3C[C@@H](F)C[C@@H]3c3cc(F)ccc3F)nn12)c1cnc(N2CC[C@H](O)C2)cn1. The van der Waals surface area contributed by atoms with Crippen molar-refractivity contribution < 1.29 is 23.1 Å². The van der Waals surface area contributed by atoms with E-state index in [0.717, 1.165) is 18.2 Å². The number of rotatable bonds is 5. The molecule has 1 amide bonds. The summed E-state index contributed by atoms with van der Waals surface area (Å²) in [5, 5.41) is 16.9. The molecular weight excluding hydrogens is 501 g/mol. The number of hydrogen-bond donors (Lipinski definition) is 2. The van der Waals surface area contributed by atoms with Gasteiger partial charge in [-0.25, -0.2) is 28.1 Å². The van der Waals surface area contributed by atoms with Crippen LogP contribution in [0.2, 0.25) is 0 Å². The summed E-state index contributed by atoms with van der Waals surface area (Å²) in [7, 11) is 0. The van der Waals surface area contributed by atoms with E-state index < -0.39 is 35.9 Å². The second-order valence-corrected chi connectivity index (χ2v) is 9.37. The molecule has 6 rings (SSSR count). The highest BCUT2D eigenvalue weighted by atomic mass is 19.1. The molecule has 2 N–H and O–H groups in total. The number of fused-ring (bicyclic) bond motifs is 1. The number of anilines is 3. The van der Waals surface area contributed by atoms with Crippen LogP contribution in [0.25, 0.3) is 5.65 Å². The lowest BCUT2D eigenvalue weighted by Gasteiger charge is -2.26. The molecule has 38 heavy (non-hydrogen) atoms. The molecule has 0 saturated carbocycles. The molecule has 0 spiro atoms. The minimum Gasteiger partial charge on any atom is -0.391 e. The van der Waals surface area contributed by atoms with Crippen molar-refractivity contribution in [2.24, 2.45) is 0 Å². The minimum atomic E-state index is -1.26. The summed E-state index contributed by atoms with van der Waals surface area (Å²) in [5.74, 6) is -0.646. The summed E-state index contributed by atoms with van der Waals surface area (Å²) in [4.78, 5) is 29.0. The molecular formula is C25H23F3N8O2. The van der Waals surface area contributed by atoms with Gasteiger partial charge in [-0.1, -0.05) is 0 Å². The Labute approximate surface area is 214 Å². The van der Waals surface area contributed by atoms with Crippen molar-refractivity contribution in [3.05, 3.63) is 71.8 Å². The molecule has 0 unspecified atom stereocenters. The number of aliphatic hydroxyl groups excluding tert-OH is 1. The van der Waals surface area contributed by atoms with Crippen molar-refractivity contribution in [3.8, 4) is 0 Å². The van der Waals surface area contributed by atoms with Crippen LogP contribution in [0.15, 0.2) is 48.9 Å². The molecule has 1 aromatic carbocycles. The number of aromatic nitrogens is 5. The van der Waals surface area contributed by atoms with Crippen LogP contribution in [0.1, 0.15) is 34.9 Å². The number of benzene rings is 1. The van der Waals surface area contributed by atoms with E-state index in [-0.39, 0.29) is 30.0 Å². The fourth-order valence-corrected chi connectivity index (χ4v) is 4.94. The maximum atomic E-state index is 14.5. The molecule has 0 aliphatic carbocycles. The summed E-state index contributed by atoms with van der Waals surface area (Å²) >= 11 is 0. The van der Waals surface area contributed by atoms with E-state index in [4.69, 9.17) is 0 Å². The number of β-amino-alcohol motifs (C(OH)–C–C–N with tert-alkyl or cyclic N) is 1. The Morgan fingerprint density at radius 3 is 2.66 bits per heavy atom. The van der Waals surface area contributed by atoms with E-state index in [9.17, 15) is 23.1 Å². The van der Waals surface area contributed by atoms with Crippen LogP contribution in [0.4, 0.5) is 30.6 Å². The van der Waals surface area contributed by atoms with Gasteiger partial charge in [-0.15, -0.1) is 5.10 Å². The predicted octanol–water partition coefficient (Wildman–Crippen LogP) is 2.91. The smallest absolute Gasteiger partial charge is 0.277 e. The number of imidazole rings is 1. The highest BCUT2D eigenvalue weighted by Gasteiger charge is 2.36. The van der Waals surface area contributed by atoms with Crippen LogP contribution in [0, 0.1) is 11.6 Å². The van der Waals surface area contributed by atoms with Gasteiger partial charge in [-0.2, -0.15) is 4.52 Å². The van der Waals surface area contributed by atoms with E-state index in [1.54, 1.807) is 17.0 Å². The largest absolute Gasteiger partial charge is 0.391 e. The van der Waals surface area contributed by atoms with Crippen molar-refractivity contribution in [2.75, 3.05) is 34.8 Å². The number of nitrogens with one attached hydrogen (secondary N) is 1. The van der Waals surface area contributed by atoms with Gasteiger partial charge in [0.2, 0.25) is 0 Å². The van der Waals surface area contributed by atoms with E-state index >= 15 is 0 Å². The Balaban J connectivity index is 1.24. The van der Waals surface area contributed by atoms with Gasteiger partial charge in [-0.05, 0) is 36.8 Å². The van der Waals surface area contributed by atoms with Crippen molar-refractivity contribution in [2.45, 2.75) is 31.2 Å². The first-order valence-corrected chi connectivity index (χ1v) is 12.1. The zero-order chi connectivity index (χ0) is 26.4. The minimum absolute atomic E-state index is 0.0152. The van der Waals surface area contributed by atoms with Gasteiger partial charge in [0.15, 0.2) is 11.5 Å². The Morgan fingerprint density at radius 1 is 1.03 bits per heavy atom. The van der Waals surface area contributed by atoms with Crippen molar-refractivity contribution in [1.82, 2.24) is 24.6 Å². The predicted molar refractivity (Wildman–Crippen MR) is 132 cm³/mol. The highest BCUT2D eigenvalue weighted by molar-refractivity contribution is 6.02. The Hall–Kier alpha value is -4.26. The lowest BCUT2D eigenvalue weighted by molar-refractivity contribution is 0.102. The monoisotopic (exact) mass is 524 g/mol. The molecule has 2 aliphatic heterocycles. The number of hydrogen-bond acceptors (Lipinski definition) is 8. The van der Waals surface area contributed by atoms with Crippen LogP contribution in [0.3, 0.4) is 0 Å². The van der Waals surface area contributed by atoms with Gasteiger partial charge in [0, 0.05) is 25.1 Å². The van der Waals surface area contributed by atoms with E-state index in [0.29, 0.717) is 36.8 Å². The first-order chi connectivity index (χ1) is 18.4.